The Kier molecular flexibility index (Phi) is 6.56. The number of benzene rings is 1. The van der Waals surface area contributed by atoms with E-state index in [-0.39, 0.29) is 0 Å². The van der Waals surface area contributed by atoms with Gasteiger partial charge in [-0.15, -0.1) is 0 Å². The van der Waals surface area contributed by atoms with Gasteiger partial charge in [-0.1, -0.05) is 25.5 Å². The molecule has 4 rings (SSSR count). The first kappa shape index (κ1) is 20.1. The number of hydrogen-bond acceptors (Lipinski definition) is 5. The van der Waals surface area contributed by atoms with Crippen molar-refractivity contribution >= 4 is 0 Å². The molecule has 156 valence electrons. The molecule has 1 spiro atoms. The van der Waals surface area contributed by atoms with E-state index in [9.17, 15) is 5.11 Å². The quantitative estimate of drug-likeness (QED) is 0.742. The molecule has 1 saturated carbocycles. The van der Waals surface area contributed by atoms with Gasteiger partial charge in [-0.05, 0) is 56.5 Å². The molecular formula is C23H37N3O2. The molecule has 28 heavy (non-hydrogen) atoms. The number of β-amino-alcohol motifs (C(OH)–C–C–N with tert-alkyl or cyclic N) is 1. The minimum atomic E-state index is -0.436. The summed E-state index contributed by atoms with van der Waals surface area (Å²) in [6.07, 6.45) is 6.42. The second kappa shape index (κ2) is 9.12. The molecule has 2 saturated heterocycles. The SMILES string of the molecule is CCN1CCN(C[C@H](O)COc2cccc(CN3CCCCC34CC4)c2)CC1. The summed E-state index contributed by atoms with van der Waals surface area (Å²) in [5.41, 5.74) is 1.85. The van der Waals surface area contributed by atoms with Crippen LogP contribution in [0.4, 0.5) is 0 Å². The van der Waals surface area contributed by atoms with Gasteiger partial charge in [0.2, 0.25) is 0 Å². The zero-order valence-corrected chi connectivity index (χ0v) is 17.5. The zero-order valence-electron chi connectivity index (χ0n) is 17.5. The van der Waals surface area contributed by atoms with Crippen molar-refractivity contribution in [2.24, 2.45) is 0 Å². The fourth-order valence-electron chi connectivity index (χ4n) is 4.89. The average Bonchev–Trinajstić information content (AvgIpc) is 3.49. The Hall–Kier alpha value is -1.14. The highest BCUT2D eigenvalue weighted by Gasteiger charge is 2.48. The lowest BCUT2D eigenvalue weighted by molar-refractivity contribution is 0.0470. The van der Waals surface area contributed by atoms with E-state index < -0.39 is 6.10 Å². The Morgan fingerprint density at radius 2 is 1.82 bits per heavy atom. The maximum absolute atomic E-state index is 10.4. The van der Waals surface area contributed by atoms with Crippen LogP contribution in [-0.2, 0) is 6.54 Å². The van der Waals surface area contributed by atoms with Crippen LogP contribution in [0, 0.1) is 0 Å². The third-order valence-electron chi connectivity index (χ3n) is 6.91. The molecule has 1 N–H and O–H groups in total. The van der Waals surface area contributed by atoms with Crippen LogP contribution in [0.15, 0.2) is 24.3 Å². The Bertz CT molecular complexity index is 626. The van der Waals surface area contributed by atoms with Gasteiger partial charge in [-0.2, -0.15) is 0 Å². The summed E-state index contributed by atoms with van der Waals surface area (Å²) < 4.78 is 5.94. The molecule has 1 atom stereocenters. The number of piperidine rings is 1. The second-order valence-electron chi connectivity index (χ2n) is 8.95. The lowest BCUT2D eigenvalue weighted by atomic mass is 9.99. The van der Waals surface area contributed by atoms with Gasteiger partial charge in [-0.25, -0.2) is 0 Å². The topological polar surface area (TPSA) is 39.2 Å². The normalized spacial score (nSPS) is 24.4. The highest BCUT2D eigenvalue weighted by atomic mass is 16.5. The number of aliphatic hydroxyl groups is 1. The molecule has 2 aliphatic heterocycles. The fraction of sp³-hybridized carbons (Fsp3) is 0.739. The number of rotatable bonds is 8. The first-order chi connectivity index (χ1) is 13.7. The van der Waals surface area contributed by atoms with Gasteiger partial charge in [0.15, 0.2) is 0 Å². The molecule has 1 aliphatic carbocycles. The Morgan fingerprint density at radius 3 is 2.57 bits per heavy atom. The van der Waals surface area contributed by atoms with E-state index in [1.807, 2.05) is 6.07 Å². The van der Waals surface area contributed by atoms with Crippen LogP contribution in [0.25, 0.3) is 0 Å². The standard InChI is InChI=1S/C23H37N3O2/c1-2-24-12-14-25(15-13-24)18-21(27)19-28-22-7-5-6-20(16-22)17-26-11-4-3-8-23(26)9-10-23/h5-7,16,21,27H,2-4,8-15,17-19H2,1H3/t21-/m0/s1. The van der Waals surface area contributed by atoms with Crippen molar-refractivity contribution in [1.82, 2.24) is 14.7 Å². The van der Waals surface area contributed by atoms with Gasteiger partial charge >= 0.3 is 0 Å². The number of piperazine rings is 1. The van der Waals surface area contributed by atoms with E-state index >= 15 is 0 Å². The molecule has 0 unspecified atom stereocenters. The number of aliphatic hydroxyl groups excluding tert-OH is 1. The van der Waals surface area contributed by atoms with Gasteiger partial charge in [0.05, 0.1) is 0 Å². The molecule has 3 aliphatic rings. The second-order valence-corrected chi connectivity index (χ2v) is 8.95. The average molecular weight is 388 g/mol. The minimum Gasteiger partial charge on any atom is -0.491 e. The summed E-state index contributed by atoms with van der Waals surface area (Å²) in [6, 6.07) is 8.47. The number of ether oxygens (including phenoxy) is 1. The van der Waals surface area contributed by atoms with Crippen LogP contribution in [0.5, 0.6) is 5.75 Å². The Balaban J connectivity index is 1.23. The maximum atomic E-state index is 10.4. The highest BCUT2D eigenvalue weighted by molar-refractivity contribution is 5.29. The largest absolute Gasteiger partial charge is 0.491 e. The molecular weight excluding hydrogens is 350 g/mol. The smallest absolute Gasteiger partial charge is 0.119 e. The van der Waals surface area contributed by atoms with Gasteiger partial charge in [0, 0.05) is 44.8 Å². The monoisotopic (exact) mass is 387 g/mol. The summed E-state index contributed by atoms with van der Waals surface area (Å²) >= 11 is 0. The number of hydrogen-bond donors (Lipinski definition) is 1. The lowest BCUT2D eigenvalue weighted by Crippen LogP contribution is -2.49. The molecule has 1 aromatic carbocycles. The molecule has 0 aromatic heterocycles. The molecule has 2 heterocycles. The molecule has 0 bridgehead atoms. The van der Waals surface area contributed by atoms with Crippen LogP contribution in [0.2, 0.25) is 0 Å². The van der Waals surface area contributed by atoms with Gasteiger partial charge in [0.1, 0.15) is 18.5 Å². The Labute approximate surface area is 170 Å². The van der Waals surface area contributed by atoms with Crippen molar-refractivity contribution in [3.05, 3.63) is 29.8 Å². The van der Waals surface area contributed by atoms with Crippen molar-refractivity contribution in [3.8, 4) is 5.75 Å². The van der Waals surface area contributed by atoms with Crippen molar-refractivity contribution in [2.45, 2.75) is 57.2 Å². The molecule has 5 nitrogen and oxygen atoms in total. The minimum absolute atomic E-state index is 0.366. The van der Waals surface area contributed by atoms with E-state index in [1.54, 1.807) is 0 Å². The summed E-state index contributed by atoms with van der Waals surface area (Å²) in [6.45, 7) is 10.9. The first-order valence-electron chi connectivity index (χ1n) is 11.3. The summed E-state index contributed by atoms with van der Waals surface area (Å²) in [4.78, 5) is 7.50. The van der Waals surface area contributed by atoms with Gasteiger partial charge < -0.3 is 14.7 Å². The third-order valence-corrected chi connectivity index (χ3v) is 6.91. The van der Waals surface area contributed by atoms with Crippen molar-refractivity contribution < 1.29 is 9.84 Å². The van der Waals surface area contributed by atoms with Crippen LogP contribution in [-0.4, -0.2) is 83.9 Å². The highest BCUT2D eigenvalue weighted by Crippen LogP contribution is 2.48. The predicted molar refractivity (Wildman–Crippen MR) is 113 cm³/mol. The Morgan fingerprint density at radius 1 is 1.04 bits per heavy atom. The summed E-state index contributed by atoms with van der Waals surface area (Å²) in [5, 5.41) is 10.4. The zero-order chi connectivity index (χ0) is 19.4. The molecule has 0 radical (unpaired) electrons. The van der Waals surface area contributed by atoms with Crippen LogP contribution < -0.4 is 4.74 Å². The molecule has 3 fully saturated rings. The van der Waals surface area contributed by atoms with E-state index in [2.05, 4.69) is 39.8 Å². The van der Waals surface area contributed by atoms with Crippen molar-refractivity contribution in [3.63, 3.8) is 0 Å². The number of likely N-dealkylation sites (N-methyl/N-ethyl adjacent to an activating group) is 1. The van der Waals surface area contributed by atoms with Crippen LogP contribution in [0.1, 0.15) is 44.6 Å². The van der Waals surface area contributed by atoms with Crippen LogP contribution in [0.3, 0.4) is 0 Å². The lowest BCUT2D eigenvalue weighted by Gasteiger charge is -2.36. The van der Waals surface area contributed by atoms with Crippen LogP contribution >= 0.6 is 0 Å². The summed E-state index contributed by atoms with van der Waals surface area (Å²) in [5.74, 6) is 0.884. The molecule has 1 aromatic rings. The number of likely N-dealkylation sites (tertiary alicyclic amines) is 1. The molecule has 0 amide bonds. The van der Waals surface area contributed by atoms with Gasteiger partial charge in [0.25, 0.3) is 0 Å². The number of nitrogens with zero attached hydrogens (tertiary/aromatic N) is 3. The molecule has 5 heteroatoms. The first-order valence-corrected chi connectivity index (χ1v) is 11.3. The van der Waals surface area contributed by atoms with E-state index in [4.69, 9.17) is 4.74 Å². The van der Waals surface area contributed by atoms with Crippen molar-refractivity contribution in [1.29, 1.82) is 0 Å². The van der Waals surface area contributed by atoms with E-state index in [0.717, 1.165) is 45.0 Å². The van der Waals surface area contributed by atoms with E-state index in [1.165, 1.54) is 44.2 Å². The van der Waals surface area contributed by atoms with Gasteiger partial charge in [-0.3, -0.25) is 9.80 Å². The third kappa shape index (κ3) is 5.07. The van der Waals surface area contributed by atoms with E-state index in [0.29, 0.717) is 18.7 Å². The fourth-order valence-corrected chi connectivity index (χ4v) is 4.89. The maximum Gasteiger partial charge on any atom is 0.119 e. The van der Waals surface area contributed by atoms with Crippen molar-refractivity contribution in [2.75, 3.05) is 52.4 Å². The summed E-state index contributed by atoms with van der Waals surface area (Å²) in [7, 11) is 0. The predicted octanol–water partition coefficient (Wildman–Crippen LogP) is 2.58.